The standard InChI is InChI=1S/C10H15NO3/c1-4-6-9(12)11(7-5-2)8-10(13)14-3/h1H,5-8H2,2-3H3. The third kappa shape index (κ3) is 4.51. The highest BCUT2D eigenvalue weighted by molar-refractivity contribution is 5.83. The first-order chi connectivity index (χ1) is 6.65. The summed E-state index contributed by atoms with van der Waals surface area (Å²) in [6.45, 7) is 2.42. The van der Waals surface area contributed by atoms with E-state index in [9.17, 15) is 9.59 Å². The molecule has 1 amide bonds. The molecule has 4 heteroatoms. The van der Waals surface area contributed by atoms with Gasteiger partial charge in [0.1, 0.15) is 6.54 Å². The van der Waals surface area contributed by atoms with Crippen LogP contribution in [0.4, 0.5) is 0 Å². The number of ether oxygens (including phenoxy) is 1. The fourth-order valence-corrected chi connectivity index (χ4v) is 0.981. The molecule has 0 bridgehead atoms. The average Bonchev–Trinajstić information content (AvgIpc) is 2.17. The van der Waals surface area contributed by atoms with Crippen molar-refractivity contribution in [3.63, 3.8) is 0 Å². The van der Waals surface area contributed by atoms with Crippen molar-refractivity contribution >= 4 is 11.9 Å². The van der Waals surface area contributed by atoms with Crippen molar-refractivity contribution in [1.29, 1.82) is 0 Å². The zero-order valence-electron chi connectivity index (χ0n) is 8.58. The maximum absolute atomic E-state index is 11.4. The van der Waals surface area contributed by atoms with Gasteiger partial charge in [0.25, 0.3) is 0 Å². The van der Waals surface area contributed by atoms with Gasteiger partial charge in [-0.2, -0.15) is 0 Å². The third-order valence-electron chi connectivity index (χ3n) is 1.65. The lowest BCUT2D eigenvalue weighted by molar-refractivity contribution is -0.146. The summed E-state index contributed by atoms with van der Waals surface area (Å²) in [6.07, 6.45) is 5.82. The summed E-state index contributed by atoms with van der Waals surface area (Å²) in [5.74, 6) is 1.62. The molecule has 0 radical (unpaired) electrons. The smallest absolute Gasteiger partial charge is 0.325 e. The van der Waals surface area contributed by atoms with Crippen LogP contribution in [0.2, 0.25) is 0 Å². The van der Waals surface area contributed by atoms with Crippen LogP contribution in [-0.2, 0) is 14.3 Å². The van der Waals surface area contributed by atoms with Crippen molar-refractivity contribution in [3.05, 3.63) is 0 Å². The lowest BCUT2D eigenvalue weighted by Gasteiger charge is -2.19. The lowest BCUT2D eigenvalue weighted by atomic mass is 10.3. The zero-order valence-corrected chi connectivity index (χ0v) is 8.58. The van der Waals surface area contributed by atoms with Crippen LogP contribution in [-0.4, -0.2) is 37.0 Å². The summed E-state index contributed by atoms with van der Waals surface area (Å²) in [7, 11) is 1.29. The molecule has 14 heavy (non-hydrogen) atoms. The minimum atomic E-state index is -0.427. The number of esters is 1. The molecule has 0 rings (SSSR count). The van der Waals surface area contributed by atoms with E-state index in [4.69, 9.17) is 6.42 Å². The molecular formula is C10H15NO3. The number of nitrogens with zero attached hydrogens (tertiary/aromatic N) is 1. The van der Waals surface area contributed by atoms with Crippen molar-refractivity contribution < 1.29 is 14.3 Å². The fourth-order valence-electron chi connectivity index (χ4n) is 0.981. The van der Waals surface area contributed by atoms with E-state index in [1.807, 2.05) is 6.92 Å². The summed E-state index contributed by atoms with van der Waals surface area (Å²) < 4.78 is 4.47. The second-order valence-electron chi connectivity index (χ2n) is 2.77. The molecule has 0 aliphatic carbocycles. The monoisotopic (exact) mass is 197 g/mol. The predicted molar refractivity (Wildman–Crippen MR) is 52.3 cm³/mol. The van der Waals surface area contributed by atoms with Gasteiger partial charge in [0.2, 0.25) is 5.91 Å². The Balaban J connectivity index is 4.21. The number of carbonyl (C=O) groups excluding carboxylic acids is 2. The molecule has 0 fully saturated rings. The molecule has 0 aromatic rings. The maximum atomic E-state index is 11.4. The van der Waals surface area contributed by atoms with Gasteiger partial charge in [-0.3, -0.25) is 9.59 Å². The first kappa shape index (κ1) is 12.5. The molecule has 0 aliphatic heterocycles. The van der Waals surface area contributed by atoms with Gasteiger partial charge in [0.05, 0.1) is 13.5 Å². The Hall–Kier alpha value is -1.50. The van der Waals surface area contributed by atoms with E-state index in [-0.39, 0.29) is 18.9 Å². The summed E-state index contributed by atoms with van der Waals surface area (Å²) in [5.41, 5.74) is 0. The molecule has 0 saturated carbocycles. The second-order valence-corrected chi connectivity index (χ2v) is 2.77. The molecule has 78 valence electrons. The van der Waals surface area contributed by atoms with Gasteiger partial charge in [-0.1, -0.05) is 12.8 Å². The summed E-state index contributed by atoms with van der Waals surface area (Å²) >= 11 is 0. The van der Waals surface area contributed by atoms with Crippen molar-refractivity contribution in [3.8, 4) is 12.3 Å². The van der Waals surface area contributed by atoms with Gasteiger partial charge in [0, 0.05) is 6.54 Å². The highest BCUT2D eigenvalue weighted by Gasteiger charge is 2.15. The molecule has 0 heterocycles. The van der Waals surface area contributed by atoms with E-state index in [2.05, 4.69) is 10.7 Å². The molecule has 0 unspecified atom stereocenters. The molecule has 4 nitrogen and oxygen atoms in total. The van der Waals surface area contributed by atoms with Crippen LogP contribution in [0.15, 0.2) is 0 Å². The SMILES string of the molecule is C#CCC(=O)N(CCC)CC(=O)OC. The van der Waals surface area contributed by atoms with Gasteiger partial charge >= 0.3 is 5.97 Å². The van der Waals surface area contributed by atoms with E-state index < -0.39 is 5.97 Å². The molecule has 0 atom stereocenters. The van der Waals surface area contributed by atoms with Crippen molar-refractivity contribution in [2.75, 3.05) is 20.2 Å². The molecule has 0 N–H and O–H groups in total. The molecular weight excluding hydrogens is 182 g/mol. The number of hydrogen-bond donors (Lipinski definition) is 0. The molecule has 0 saturated heterocycles. The van der Waals surface area contributed by atoms with Crippen LogP contribution >= 0.6 is 0 Å². The molecule has 0 aliphatic rings. The van der Waals surface area contributed by atoms with Gasteiger partial charge in [-0.05, 0) is 6.42 Å². The Morgan fingerprint density at radius 2 is 2.14 bits per heavy atom. The number of methoxy groups -OCH3 is 1. The number of terminal acetylenes is 1. The highest BCUT2D eigenvalue weighted by atomic mass is 16.5. The Kier molecular flexibility index (Phi) is 6.21. The number of amides is 1. The quantitative estimate of drug-likeness (QED) is 0.474. The molecule has 0 aromatic carbocycles. The lowest BCUT2D eigenvalue weighted by Crippen LogP contribution is -2.36. The van der Waals surface area contributed by atoms with E-state index in [1.165, 1.54) is 12.0 Å². The largest absolute Gasteiger partial charge is 0.468 e. The zero-order chi connectivity index (χ0) is 11.0. The van der Waals surface area contributed by atoms with Crippen LogP contribution in [0.1, 0.15) is 19.8 Å². The van der Waals surface area contributed by atoms with Gasteiger partial charge in [-0.15, -0.1) is 6.42 Å². The van der Waals surface area contributed by atoms with Gasteiger partial charge < -0.3 is 9.64 Å². The predicted octanol–water partition coefficient (Wildman–Crippen LogP) is 0.421. The van der Waals surface area contributed by atoms with Crippen molar-refractivity contribution in [1.82, 2.24) is 4.90 Å². The van der Waals surface area contributed by atoms with Crippen molar-refractivity contribution in [2.24, 2.45) is 0 Å². The maximum Gasteiger partial charge on any atom is 0.325 e. The highest BCUT2D eigenvalue weighted by Crippen LogP contribution is 1.96. The Bertz CT molecular complexity index is 242. The van der Waals surface area contributed by atoms with Crippen LogP contribution in [0.25, 0.3) is 0 Å². The van der Waals surface area contributed by atoms with Gasteiger partial charge in [-0.25, -0.2) is 0 Å². The van der Waals surface area contributed by atoms with Crippen LogP contribution in [0.5, 0.6) is 0 Å². The topological polar surface area (TPSA) is 46.6 Å². The average molecular weight is 197 g/mol. The Morgan fingerprint density at radius 3 is 2.57 bits per heavy atom. The number of rotatable bonds is 5. The normalized spacial score (nSPS) is 8.93. The first-order valence-electron chi connectivity index (χ1n) is 4.43. The van der Waals surface area contributed by atoms with E-state index in [0.717, 1.165) is 6.42 Å². The molecule has 0 spiro atoms. The summed E-state index contributed by atoms with van der Waals surface area (Å²) in [5, 5.41) is 0. The van der Waals surface area contributed by atoms with Crippen LogP contribution in [0, 0.1) is 12.3 Å². The second kappa shape index (κ2) is 6.96. The third-order valence-corrected chi connectivity index (χ3v) is 1.65. The minimum Gasteiger partial charge on any atom is -0.468 e. The van der Waals surface area contributed by atoms with E-state index in [0.29, 0.717) is 6.54 Å². The number of hydrogen-bond acceptors (Lipinski definition) is 3. The Morgan fingerprint density at radius 1 is 1.50 bits per heavy atom. The van der Waals surface area contributed by atoms with Crippen LogP contribution < -0.4 is 0 Å². The van der Waals surface area contributed by atoms with Crippen molar-refractivity contribution in [2.45, 2.75) is 19.8 Å². The van der Waals surface area contributed by atoms with E-state index >= 15 is 0 Å². The number of carbonyl (C=O) groups is 2. The molecule has 0 aromatic heterocycles. The van der Waals surface area contributed by atoms with Gasteiger partial charge in [0.15, 0.2) is 0 Å². The fraction of sp³-hybridized carbons (Fsp3) is 0.600. The van der Waals surface area contributed by atoms with E-state index in [1.54, 1.807) is 0 Å². The minimum absolute atomic E-state index is 0.0230. The first-order valence-corrected chi connectivity index (χ1v) is 4.43. The Labute approximate surface area is 84.2 Å². The summed E-state index contributed by atoms with van der Waals surface area (Å²) in [6, 6.07) is 0. The summed E-state index contributed by atoms with van der Waals surface area (Å²) in [4.78, 5) is 23.7. The van der Waals surface area contributed by atoms with Crippen LogP contribution in [0.3, 0.4) is 0 Å².